The van der Waals surface area contributed by atoms with Gasteiger partial charge >= 0.3 is 0 Å². The highest BCUT2D eigenvalue weighted by atomic mass is 16.5. The Morgan fingerprint density at radius 3 is 2.53 bits per heavy atom. The second kappa shape index (κ2) is 11.3. The number of hydrogen-bond donors (Lipinski definition) is 2. The number of anilines is 1. The Bertz CT molecular complexity index is 1030. The summed E-state index contributed by atoms with van der Waals surface area (Å²) in [6.07, 6.45) is 2.12. The van der Waals surface area contributed by atoms with Gasteiger partial charge in [0.1, 0.15) is 17.3 Å². The summed E-state index contributed by atoms with van der Waals surface area (Å²) in [4.78, 5) is 16.7. The van der Waals surface area contributed by atoms with E-state index in [1.54, 1.807) is 19.2 Å². The minimum atomic E-state index is -0.265. The number of pyridine rings is 1. The van der Waals surface area contributed by atoms with E-state index in [2.05, 4.69) is 30.2 Å². The van der Waals surface area contributed by atoms with E-state index in [4.69, 9.17) is 15.2 Å². The number of rotatable bonds is 10. The van der Waals surface area contributed by atoms with Gasteiger partial charge in [0.25, 0.3) is 5.91 Å². The van der Waals surface area contributed by atoms with Crippen molar-refractivity contribution >= 4 is 11.7 Å². The van der Waals surface area contributed by atoms with E-state index in [1.807, 2.05) is 42.5 Å². The average Bonchev–Trinajstić information content (AvgIpc) is 2.80. The Balaban J connectivity index is 1.59. The summed E-state index contributed by atoms with van der Waals surface area (Å²) in [7, 11) is 1.58. The molecule has 3 rings (SSSR count). The molecule has 1 amide bonds. The van der Waals surface area contributed by atoms with Gasteiger partial charge in [-0.15, -0.1) is 0 Å². The first-order valence-corrected chi connectivity index (χ1v) is 10.9. The van der Waals surface area contributed by atoms with Crippen LogP contribution in [0.2, 0.25) is 0 Å². The van der Waals surface area contributed by atoms with E-state index >= 15 is 0 Å². The standard InChI is InChI=1S/C26H31N3O3/c1-4-18(2)15-20-7-5-6-8-24(20)32-22-12-9-19(10-13-22)16-28-26(30)23-14-11-21(17-31-3)29-25(23)27/h5-14,18H,4,15-17H2,1-3H3,(H2,27,29)(H,28,30). The molecule has 6 nitrogen and oxygen atoms in total. The molecule has 168 valence electrons. The number of amides is 1. The number of hydrogen-bond acceptors (Lipinski definition) is 5. The van der Waals surface area contributed by atoms with Gasteiger partial charge in [0.15, 0.2) is 0 Å². The van der Waals surface area contributed by atoms with Crippen molar-refractivity contribution in [3.05, 3.63) is 83.0 Å². The maximum atomic E-state index is 12.5. The Kier molecular flexibility index (Phi) is 8.22. The van der Waals surface area contributed by atoms with Crippen LogP contribution in [0.15, 0.2) is 60.7 Å². The minimum Gasteiger partial charge on any atom is -0.457 e. The normalized spacial score (nSPS) is 11.7. The SMILES string of the molecule is CCC(C)Cc1ccccc1Oc1ccc(CNC(=O)c2ccc(COC)nc2N)cc1. The third-order valence-electron chi connectivity index (χ3n) is 5.36. The van der Waals surface area contributed by atoms with Crippen LogP contribution in [0.4, 0.5) is 5.82 Å². The molecule has 32 heavy (non-hydrogen) atoms. The molecule has 0 aliphatic carbocycles. The van der Waals surface area contributed by atoms with Crippen LogP contribution in [-0.2, 0) is 24.3 Å². The third-order valence-corrected chi connectivity index (χ3v) is 5.36. The van der Waals surface area contributed by atoms with E-state index in [1.165, 1.54) is 5.56 Å². The van der Waals surface area contributed by atoms with Gasteiger partial charge in [-0.25, -0.2) is 4.98 Å². The van der Waals surface area contributed by atoms with Crippen molar-refractivity contribution in [1.82, 2.24) is 10.3 Å². The fourth-order valence-corrected chi connectivity index (χ4v) is 3.31. The van der Waals surface area contributed by atoms with Crippen molar-refractivity contribution in [2.75, 3.05) is 12.8 Å². The second-order valence-corrected chi connectivity index (χ2v) is 7.92. The van der Waals surface area contributed by atoms with Crippen LogP contribution in [-0.4, -0.2) is 18.0 Å². The molecule has 0 radical (unpaired) electrons. The largest absolute Gasteiger partial charge is 0.457 e. The summed E-state index contributed by atoms with van der Waals surface area (Å²) < 4.78 is 11.2. The molecule has 1 heterocycles. The molecule has 1 atom stereocenters. The van der Waals surface area contributed by atoms with Crippen LogP contribution in [0.1, 0.15) is 47.4 Å². The number of ether oxygens (including phenoxy) is 2. The maximum Gasteiger partial charge on any atom is 0.255 e. The van der Waals surface area contributed by atoms with Gasteiger partial charge in [-0.05, 0) is 53.8 Å². The lowest BCUT2D eigenvalue weighted by Crippen LogP contribution is -2.24. The Morgan fingerprint density at radius 2 is 1.84 bits per heavy atom. The number of aromatic nitrogens is 1. The van der Waals surface area contributed by atoms with Crippen molar-refractivity contribution < 1.29 is 14.3 Å². The van der Waals surface area contributed by atoms with Gasteiger partial charge in [-0.1, -0.05) is 50.6 Å². The number of para-hydroxylation sites is 1. The molecule has 0 aliphatic heterocycles. The van der Waals surface area contributed by atoms with Crippen molar-refractivity contribution in [3.8, 4) is 11.5 Å². The van der Waals surface area contributed by atoms with Gasteiger partial charge in [0.2, 0.25) is 0 Å². The topological polar surface area (TPSA) is 86.5 Å². The third kappa shape index (κ3) is 6.31. The van der Waals surface area contributed by atoms with Crippen LogP contribution in [0.3, 0.4) is 0 Å². The van der Waals surface area contributed by atoms with Crippen molar-refractivity contribution in [2.24, 2.45) is 5.92 Å². The van der Waals surface area contributed by atoms with Crippen LogP contribution in [0.25, 0.3) is 0 Å². The van der Waals surface area contributed by atoms with Gasteiger partial charge in [-0.2, -0.15) is 0 Å². The molecule has 0 saturated heterocycles. The lowest BCUT2D eigenvalue weighted by atomic mass is 9.98. The number of nitrogens with one attached hydrogen (secondary N) is 1. The zero-order valence-electron chi connectivity index (χ0n) is 18.9. The van der Waals surface area contributed by atoms with Gasteiger partial charge in [-0.3, -0.25) is 4.79 Å². The molecule has 2 aromatic carbocycles. The second-order valence-electron chi connectivity index (χ2n) is 7.92. The first-order valence-electron chi connectivity index (χ1n) is 10.9. The summed E-state index contributed by atoms with van der Waals surface area (Å²) in [5, 5.41) is 2.88. The van der Waals surface area contributed by atoms with Crippen molar-refractivity contribution in [2.45, 2.75) is 39.8 Å². The molecule has 0 spiro atoms. The van der Waals surface area contributed by atoms with Gasteiger partial charge in [0, 0.05) is 13.7 Å². The highest BCUT2D eigenvalue weighted by molar-refractivity contribution is 5.98. The average molecular weight is 434 g/mol. The molecule has 6 heteroatoms. The minimum absolute atomic E-state index is 0.192. The predicted octanol–water partition coefficient (Wildman–Crippen LogP) is 5.12. The van der Waals surface area contributed by atoms with Gasteiger partial charge in [0.05, 0.1) is 17.9 Å². The summed E-state index contributed by atoms with van der Waals surface area (Å²) in [6.45, 7) is 5.18. The summed E-state index contributed by atoms with van der Waals surface area (Å²) in [5.74, 6) is 2.17. The smallest absolute Gasteiger partial charge is 0.255 e. The van der Waals surface area contributed by atoms with Crippen LogP contribution >= 0.6 is 0 Å². The fourth-order valence-electron chi connectivity index (χ4n) is 3.31. The molecule has 0 bridgehead atoms. The van der Waals surface area contributed by atoms with Crippen molar-refractivity contribution in [1.29, 1.82) is 0 Å². The van der Waals surface area contributed by atoms with Crippen LogP contribution in [0.5, 0.6) is 11.5 Å². The zero-order valence-corrected chi connectivity index (χ0v) is 18.9. The predicted molar refractivity (Wildman–Crippen MR) is 127 cm³/mol. The number of nitrogens with two attached hydrogens (primary N) is 1. The van der Waals surface area contributed by atoms with E-state index < -0.39 is 0 Å². The van der Waals surface area contributed by atoms with E-state index in [-0.39, 0.29) is 11.7 Å². The zero-order chi connectivity index (χ0) is 22.9. The first-order chi connectivity index (χ1) is 15.5. The Morgan fingerprint density at radius 1 is 1.09 bits per heavy atom. The number of carbonyl (C=O) groups is 1. The summed E-state index contributed by atoms with van der Waals surface area (Å²) in [6, 6.07) is 19.3. The highest BCUT2D eigenvalue weighted by Crippen LogP contribution is 2.28. The summed E-state index contributed by atoms with van der Waals surface area (Å²) in [5.41, 5.74) is 9.12. The molecule has 0 aliphatic rings. The van der Waals surface area contributed by atoms with Crippen molar-refractivity contribution in [3.63, 3.8) is 0 Å². The first kappa shape index (κ1) is 23.3. The Labute approximate surface area is 189 Å². The molecular formula is C26H31N3O3. The fraction of sp³-hybridized carbons (Fsp3) is 0.308. The number of nitrogen functional groups attached to an aromatic ring is 1. The molecular weight excluding hydrogens is 402 g/mol. The lowest BCUT2D eigenvalue weighted by molar-refractivity contribution is 0.0951. The maximum absolute atomic E-state index is 12.5. The quantitative estimate of drug-likeness (QED) is 0.463. The molecule has 1 aromatic heterocycles. The monoisotopic (exact) mass is 433 g/mol. The Hall–Kier alpha value is -3.38. The molecule has 3 N–H and O–H groups in total. The summed E-state index contributed by atoms with van der Waals surface area (Å²) >= 11 is 0. The number of methoxy groups -OCH3 is 1. The van der Waals surface area contributed by atoms with E-state index in [0.29, 0.717) is 30.3 Å². The van der Waals surface area contributed by atoms with E-state index in [9.17, 15) is 4.79 Å². The molecule has 0 fully saturated rings. The number of nitrogens with zero attached hydrogens (tertiary/aromatic N) is 1. The highest BCUT2D eigenvalue weighted by Gasteiger charge is 2.12. The number of carbonyl (C=O) groups excluding carboxylic acids is 1. The molecule has 1 unspecified atom stereocenters. The molecule has 3 aromatic rings. The van der Waals surface area contributed by atoms with E-state index in [0.717, 1.165) is 29.9 Å². The van der Waals surface area contributed by atoms with Crippen LogP contribution in [0, 0.1) is 5.92 Å². The van der Waals surface area contributed by atoms with Crippen LogP contribution < -0.4 is 15.8 Å². The molecule has 0 saturated carbocycles. The van der Waals surface area contributed by atoms with Gasteiger partial charge < -0.3 is 20.5 Å². The lowest BCUT2D eigenvalue weighted by Gasteiger charge is -2.14. The number of benzene rings is 2.